The van der Waals surface area contributed by atoms with Crippen molar-refractivity contribution in [2.24, 2.45) is 0 Å². The fourth-order valence-corrected chi connectivity index (χ4v) is 2.99. The van der Waals surface area contributed by atoms with Gasteiger partial charge in [0.05, 0.1) is 6.10 Å². The third-order valence-electron chi connectivity index (χ3n) is 4.48. The Morgan fingerprint density at radius 1 is 1.23 bits per heavy atom. The van der Waals surface area contributed by atoms with Crippen LogP contribution in [0.5, 0.6) is 0 Å². The van der Waals surface area contributed by atoms with Crippen LogP contribution in [-0.4, -0.2) is 64.8 Å². The minimum Gasteiger partial charge on any atom is -0.444 e. The molecule has 2 rings (SSSR count). The van der Waals surface area contributed by atoms with Crippen molar-refractivity contribution in [3.63, 3.8) is 0 Å². The number of carbonyl (C=O) groups is 2. The van der Waals surface area contributed by atoms with Gasteiger partial charge in [-0.2, -0.15) is 0 Å². The molecule has 1 aromatic rings. The number of aliphatic hydroxyl groups is 1. The van der Waals surface area contributed by atoms with E-state index < -0.39 is 17.7 Å². The Balaban J connectivity index is 2.17. The summed E-state index contributed by atoms with van der Waals surface area (Å²) in [6, 6.07) is 9.02. The SMILES string of the molecule is CN(C(=O)OC(C)(C)C)[C@H](Cc1ccccc1)C(=O)N1CCC(O)CC1. The number of carbonyl (C=O) groups excluding carboxylic acids is 2. The molecular formula is C20H30N2O4. The molecule has 0 spiro atoms. The summed E-state index contributed by atoms with van der Waals surface area (Å²) in [5.41, 5.74) is 0.360. The van der Waals surface area contributed by atoms with Gasteiger partial charge < -0.3 is 14.7 Å². The number of amides is 2. The number of aliphatic hydroxyl groups excluding tert-OH is 1. The molecule has 1 N–H and O–H groups in total. The predicted octanol–water partition coefficient (Wildman–Crippen LogP) is 2.45. The number of hydrogen-bond donors (Lipinski definition) is 1. The predicted molar refractivity (Wildman–Crippen MR) is 99.8 cm³/mol. The van der Waals surface area contributed by atoms with Crippen molar-refractivity contribution in [1.29, 1.82) is 0 Å². The molecule has 6 heteroatoms. The molecule has 6 nitrogen and oxygen atoms in total. The van der Waals surface area contributed by atoms with E-state index in [1.54, 1.807) is 32.7 Å². The first kappa shape index (κ1) is 20.2. The molecule has 1 aromatic carbocycles. The van der Waals surface area contributed by atoms with Crippen LogP contribution in [0.1, 0.15) is 39.2 Å². The summed E-state index contributed by atoms with van der Waals surface area (Å²) in [6.45, 7) is 6.43. The van der Waals surface area contributed by atoms with Gasteiger partial charge in [0, 0.05) is 26.6 Å². The van der Waals surface area contributed by atoms with Crippen LogP contribution in [0.3, 0.4) is 0 Å². The molecular weight excluding hydrogens is 332 g/mol. The van der Waals surface area contributed by atoms with Crippen molar-refractivity contribution in [3.8, 4) is 0 Å². The second kappa shape index (κ2) is 8.54. The van der Waals surface area contributed by atoms with Crippen molar-refractivity contribution in [2.45, 2.75) is 57.8 Å². The Kier molecular flexibility index (Phi) is 6.64. The van der Waals surface area contributed by atoms with Gasteiger partial charge in [-0.25, -0.2) is 4.79 Å². The van der Waals surface area contributed by atoms with Gasteiger partial charge in [0.25, 0.3) is 0 Å². The van der Waals surface area contributed by atoms with E-state index in [2.05, 4.69) is 0 Å². The van der Waals surface area contributed by atoms with Crippen molar-refractivity contribution in [2.75, 3.05) is 20.1 Å². The Labute approximate surface area is 155 Å². The normalized spacial score (nSPS) is 16.9. The van der Waals surface area contributed by atoms with Crippen LogP contribution < -0.4 is 0 Å². The monoisotopic (exact) mass is 362 g/mol. The summed E-state index contributed by atoms with van der Waals surface area (Å²) >= 11 is 0. The summed E-state index contributed by atoms with van der Waals surface area (Å²) in [7, 11) is 1.61. The van der Waals surface area contributed by atoms with E-state index in [1.165, 1.54) is 4.90 Å². The Morgan fingerprint density at radius 3 is 2.35 bits per heavy atom. The molecule has 2 amide bonds. The molecule has 1 atom stereocenters. The fourth-order valence-electron chi connectivity index (χ4n) is 2.99. The average Bonchev–Trinajstić information content (AvgIpc) is 2.58. The maximum absolute atomic E-state index is 13.1. The van der Waals surface area contributed by atoms with Crippen molar-refractivity contribution < 1.29 is 19.4 Å². The molecule has 1 heterocycles. The third kappa shape index (κ3) is 5.73. The van der Waals surface area contributed by atoms with E-state index in [9.17, 15) is 14.7 Å². The van der Waals surface area contributed by atoms with E-state index in [-0.39, 0.29) is 12.0 Å². The molecule has 0 unspecified atom stereocenters. The molecule has 0 bridgehead atoms. The lowest BCUT2D eigenvalue weighted by Gasteiger charge is -2.36. The number of benzene rings is 1. The zero-order chi connectivity index (χ0) is 19.3. The summed E-state index contributed by atoms with van der Waals surface area (Å²) in [6.07, 6.45) is 0.702. The van der Waals surface area contributed by atoms with Crippen LogP contribution in [0, 0.1) is 0 Å². The molecule has 0 aromatic heterocycles. The third-order valence-corrected chi connectivity index (χ3v) is 4.48. The zero-order valence-electron chi connectivity index (χ0n) is 16.1. The summed E-state index contributed by atoms with van der Waals surface area (Å²) in [5.74, 6) is -0.103. The van der Waals surface area contributed by atoms with Crippen LogP contribution >= 0.6 is 0 Å². The Hall–Kier alpha value is -2.08. The highest BCUT2D eigenvalue weighted by atomic mass is 16.6. The summed E-state index contributed by atoms with van der Waals surface area (Å²) < 4.78 is 5.45. The topological polar surface area (TPSA) is 70.1 Å². The Bertz CT molecular complexity index is 604. The van der Waals surface area contributed by atoms with E-state index in [0.717, 1.165) is 5.56 Å². The second-order valence-corrected chi connectivity index (χ2v) is 7.85. The minimum atomic E-state index is -0.637. The summed E-state index contributed by atoms with van der Waals surface area (Å²) in [4.78, 5) is 28.8. The Morgan fingerprint density at radius 2 is 1.81 bits per heavy atom. The van der Waals surface area contributed by atoms with Gasteiger partial charge in [0.2, 0.25) is 5.91 Å². The number of likely N-dealkylation sites (tertiary alicyclic amines) is 1. The lowest BCUT2D eigenvalue weighted by molar-refractivity contribution is -0.138. The molecule has 1 aliphatic heterocycles. The highest BCUT2D eigenvalue weighted by Crippen LogP contribution is 2.18. The van der Waals surface area contributed by atoms with E-state index >= 15 is 0 Å². The lowest BCUT2D eigenvalue weighted by atomic mass is 10.0. The number of rotatable bonds is 4. The maximum Gasteiger partial charge on any atom is 0.410 e. The molecule has 144 valence electrons. The quantitative estimate of drug-likeness (QED) is 0.893. The zero-order valence-corrected chi connectivity index (χ0v) is 16.1. The summed E-state index contributed by atoms with van der Waals surface area (Å²) in [5, 5.41) is 9.69. The van der Waals surface area contributed by atoms with Crippen molar-refractivity contribution in [1.82, 2.24) is 9.80 Å². The number of hydrogen-bond acceptors (Lipinski definition) is 4. The van der Waals surface area contributed by atoms with Gasteiger partial charge in [-0.1, -0.05) is 30.3 Å². The number of ether oxygens (including phenoxy) is 1. The van der Waals surface area contributed by atoms with Crippen LogP contribution in [0.25, 0.3) is 0 Å². The number of likely N-dealkylation sites (N-methyl/N-ethyl adjacent to an activating group) is 1. The van der Waals surface area contributed by atoms with Gasteiger partial charge in [0.15, 0.2) is 0 Å². The van der Waals surface area contributed by atoms with Crippen molar-refractivity contribution in [3.05, 3.63) is 35.9 Å². The first-order chi connectivity index (χ1) is 12.2. The molecule has 1 fully saturated rings. The molecule has 0 radical (unpaired) electrons. The standard InChI is InChI=1S/C20H30N2O4/c1-20(2,3)26-19(25)21(4)17(14-15-8-6-5-7-9-15)18(24)22-12-10-16(23)11-13-22/h5-9,16-17,23H,10-14H2,1-4H3/t17-/m1/s1. The van der Waals surface area contributed by atoms with Crippen LogP contribution in [0.4, 0.5) is 4.79 Å². The largest absolute Gasteiger partial charge is 0.444 e. The number of piperidine rings is 1. The van der Waals surface area contributed by atoms with Crippen LogP contribution in [0.2, 0.25) is 0 Å². The second-order valence-electron chi connectivity index (χ2n) is 7.85. The first-order valence-corrected chi connectivity index (χ1v) is 9.14. The van der Waals surface area contributed by atoms with Crippen LogP contribution in [0.15, 0.2) is 30.3 Å². The first-order valence-electron chi connectivity index (χ1n) is 9.14. The smallest absolute Gasteiger partial charge is 0.410 e. The molecule has 26 heavy (non-hydrogen) atoms. The van der Waals surface area contributed by atoms with E-state index in [0.29, 0.717) is 32.4 Å². The van der Waals surface area contributed by atoms with Gasteiger partial charge >= 0.3 is 6.09 Å². The van der Waals surface area contributed by atoms with E-state index in [1.807, 2.05) is 30.3 Å². The molecule has 1 saturated heterocycles. The molecule has 1 aliphatic rings. The molecule has 0 saturated carbocycles. The molecule has 0 aliphatic carbocycles. The highest BCUT2D eigenvalue weighted by molar-refractivity contribution is 5.86. The highest BCUT2D eigenvalue weighted by Gasteiger charge is 2.34. The van der Waals surface area contributed by atoms with E-state index in [4.69, 9.17) is 4.74 Å². The van der Waals surface area contributed by atoms with Crippen LogP contribution in [-0.2, 0) is 16.0 Å². The van der Waals surface area contributed by atoms with Gasteiger partial charge in [-0.15, -0.1) is 0 Å². The van der Waals surface area contributed by atoms with Gasteiger partial charge in [0.1, 0.15) is 11.6 Å². The maximum atomic E-state index is 13.1. The average molecular weight is 362 g/mol. The van der Waals surface area contributed by atoms with Gasteiger partial charge in [-0.3, -0.25) is 9.69 Å². The lowest BCUT2D eigenvalue weighted by Crippen LogP contribution is -2.53. The van der Waals surface area contributed by atoms with Gasteiger partial charge in [-0.05, 0) is 39.2 Å². The number of nitrogens with zero attached hydrogens (tertiary/aromatic N) is 2. The fraction of sp³-hybridized carbons (Fsp3) is 0.600. The minimum absolute atomic E-state index is 0.103. The van der Waals surface area contributed by atoms with Crippen molar-refractivity contribution >= 4 is 12.0 Å².